The molecule has 0 bridgehead atoms. The lowest BCUT2D eigenvalue weighted by molar-refractivity contribution is -0.135. The molecule has 1 aliphatic heterocycles. The molecule has 6 heteroatoms. The number of esters is 1. The van der Waals surface area contributed by atoms with Crippen molar-refractivity contribution in [3.8, 4) is 0 Å². The van der Waals surface area contributed by atoms with Gasteiger partial charge in [-0.15, -0.1) is 0 Å². The van der Waals surface area contributed by atoms with Crippen LogP contribution in [0.15, 0.2) is 18.2 Å². The number of likely N-dealkylation sites (tertiary alicyclic amines) is 1. The van der Waals surface area contributed by atoms with E-state index >= 15 is 0 Å². The van der Waals surface area contributed by atoms with E-state index in [1.807, 2.05) is 0 Å². The van der Waals surface area contributed by atoms with E-state index in [9.17, 15) is 9.59 Å². The van der Waals surface area contributed by atoms with Crippen LogP contribution in [0.4, 0.5) is 5.69 Å². The number of nitrogen functional groups attached to an aromatic ring is 1. The van der Waals surface area contributed by atoms with Crippen molar-refractivity contribution in [3.05, 3.63) is 28.8 Å². The number of benzene rings is 1. The van der Waals surface area contributed by atoms with Crippen LogP contribution in [-0.2, 0) is 9.53 Å². The van der Waals surface area contributed by atoms with Crippen molar-refractivity contribution in [1.29, 1.82) is 0 Å². The molecule has 0 saturated carbocycles. The Morgan fingerprint density at radius 2 is 1.95 bits per heavy atom. The minimum absolute atomic E-state index is 0.168. The SMILES string of the molecule is Nc1ccc(Cl)cc1C(=O)OCC(=O)N1CCCCC1. The molecule has 1 saturated heterocycles. The highest BCUT2D eigenvalue weighted by Gasteiger charge is 2.19. The Labute approximate surface area is 122 Å². The molecule has 0 radical (unpaired) electrons. The summed E-state index contributed by atoms with van der Waals surface area (Å²) in [6.07, 6.45) is 3.14. The summed E-state index contributed by atoms with van der Waals surface area (Å²) in [5.41, 5.74) is 6.15. The number of anilines is 1. The van der Waals surface area contributed by atoms with Crippen LogP contribution in [-0.4, -0.2) is 36.5 Å². The molecule has 0 unspecified atom stereocenters. The van der Waals surface area contributed by atoms with E-state index in [-0.39, 0.29) is 23.8 Å². The van der Waals surface area contributed by atoms with E-state index in [4.69, 9.17) is 22.1 Å². The molecule has 108 valence electrons. The summed E-state index contributed by atoms with van der Waals surface area (Å²) in [6, 6.07) is 4.56. The van der Waals surface area contributed by atoms with Gasteiger partial charge in [0, 0.05) is 23.8 Å². The van der Waals surface area contributed by atoms with Crippen LogP contribution in [0.1, 0.15) is 29.6 Å². The highest BCUT2D eigenvalue weighted by Crippen LogP contribution is 2.19. The van der Waals surface area contributed by atoms with Gasteiger partial charge in [-0.2, -0.15) is 0 Å². The summed E-state index contributed by atoms with van der Waals surface area (Å²) >= 11 is 5.81. The lowest BCUT2D eigenvalue weighted by Gasteiger charge is -2.26. The van der Waals surface area contributed by atoms with Gasteiger partial charge in [0.05, 0.1) is 5.56 Å². The number of ether oxygens (including phenoxy) is 1. The fraction of sp³-hybridized carbons (Fsp3) is 0.429. The first-order chi connectivity index (χ1) is 9.58. The molecular formula is C14H17ClN2O3. The van der Waals surface area contributed by atoms with Gasteiger partial charge in [0.15, 0.2) is 6.61 Å². The normalized spacial score (nSPS) is 14.9. The summed E-state index contributed by atoms with van der Waals surface area (Å²) in [5.74, 6) is -0.797. The minimum atomic E-state index is -0.629. The van der Waals surface area contributed by atoms with Crippen molar-refractivity contribution in [3.63, 3.8) is 0 Å². The fourth-order valence-corrected chi connectivity index (χ4v) is 2.32. The minimum Gasteiger partial charge on any atom is -0.452 e. The number of amides is 1. The molecule has 1 heterocycles. The van der Waals surface area contributed by atoms with Crippen molar-refractivity contribution >= 4 is 29.2 Å². The second-order valence-corrected chi connectivity index (χ2v) is 5.19. The van der Waals surface area contributed by atoms with Gasteiger partial charge < -0.3 is 15.4 Å². The van der Waals surface area contributed by atoms with E-state index in [0.717, 1.165) is 32.4 Å². The quantitative estimate of drug-likeness (QED) is 0.685. The largest absolute Gasteiger partial charge is 0.452 e. The Bertz CT molecular complexity index is 513. The van der Waals surface area contributed by atoms with Gasteiger partial charge >= 0.3 is 5.97 Å². The number of nitrogens with zero attached hydrogens (tertiary/aromatic N) is 1. The number of halogens is 1. The Morgan fingerprint density at radius 3 is 2.65 bits per heavy atom. The van der Waals surface area contributed by atoms with Gasteiger partial charge in [0.2, 0.25) is 0 Å². The zero-order valence-electron chi connectivity index (χ0n) is 11.1. The maximum Gasteiger partial charge on any atom is 0.340 e. The first-order valence-corrected chi connectivity index (χ1v) is 6.95. The molecule has 0 aliphatic carbocycles. The monoisotopic (exact) mass is 296 g/mol. The molecule has 2 rings (SSSR count). The molecule has 1 aromatic rings. The van der Waals surface area contributed by atoms with Gasteiger partial charge in [-0.25, -0.2) is 4.79 Å². The molecule has 2 N–H and O–H groups in total. The average Bonchev–Trinajstić information content (AvgIpc) is 2.47. The van der Waals surface area contributed by atoms with Crippen LogP contribution < -0.4 is 5.73 Å². The fourth-order valence-electron chi connectivity index (χ4n) is 2.14. The van der Waals surface area contributed by atoms with E-state index < -0.39 is 5.97 Å². The summed E-state index contributed by atoms with van der Waals surface area (Å²) in [4.78, 5) is 25.5. The zero-order valence-corrected chi connectivity index (χ0v) is 11.9. The van der Waals surface area contributed by atoms with E-state index in [1.54, 1.807) is 11.0 Å². The smallest absolute Gasteiger partial charge is 0.340 e. The van der Waals surface area contributed by atoms with E-state index in [2.05, 4.69) is 0 Å². The van der Waals surface area contributed by atoms with Crippen LogP contribution in [0.5, 0.6) is 0 Å². The molecule has 1 aromatic carbocycles. The van der Waals surface area contributed by atoms with Crippen molar-refractivity contribution in [2.45, 2.75) is 19.3 Å². The molecule has 5 nitrogen and oxygen atoms in total. The number of carbonyl (C=O) groups excluding carboxylic acids is 2. The Morgan fingerprint density at radius 1 is 1.25 bits per heavy atom. The number of piperidine rings is 1. The molecular weight excluding hydrogens is 280 g/mol. The number of nitrogens with two attached hydrogens (primary N) is 1. The van der Waals surface area contributed by atoms with Crippen LogP contribution in [0.3, 0.4) is 0 Å². The van der Waals surface area contributed by atoms with Crippen LogP contribution >= 0.6 is 11.6 Å². The number of hydrogen-bond donors (Lipinski definition) is 1. The van der Waals surface area contributed by atoms with Crippen molar-refractivity contribution < 1.29 is 14.3 Å². The third-order valence-corrected chi connectivity index (χ3v) is 3.51. The topological polar surface area (TPSA) is 72.6 Å². The average molecular weight is 297 g/mol. The standard InChI is InChI=1S/C14H17ClN2O3/c15-10-4-5-12(16)11(8-10)14(19)20-9-13(18)17-6-2-1-3-7-17/h4-5,8H,1-3,6-7,9,16H2. The molecule has 20 heavy (non-hydrogen) atoms. The number of carbonyl (C=O) groups is 2. The summed E-state index contributed by atoms with van der Waals surface area (Å²) in [5, 5.41) is 0.397. The second kappa shape index (κ2) is 6.61. The highest BCUT2D eigenvalue weighted by atomic mass is 35.5. The van der Waals surface area contributed by atoms with Crippen molar-refractivity contribution in [2.24, 2.45) is 0 Å². The zero-order chi connectivity index (χ0) is 14.5. The molecule has 0 atom stereocenters. The number of hydrogen-bond acceptors (Lipinski definition) is 4. The molecule has 1 amide bonds. The predicted molar refractivity (Wildman–Crippen MR) is 76.6 cm³/mol. The van der Waals surface area contributed by atoms with Gasteiger partial charge in [0.1, 0.15) is 0 Å². The predicted octanol–water partition coefficient (Wildman–Crippen LogP) is 2.09. The lowest BCUT2D eigenvalue weighted by Crippen LogP contribution is -2.38. The summed E-state index contributed by atoms with van der Waals surface area (Å²) in [6.45, 7) is 1.20. The van der Waals surface area contributed by atoms with Gasteiger partial charge in [-0.3, -0.25) is 4.79 Å². The third kappa shape index (κ3) is 3.63. The maximum atomic E-state index is 11.9. The van der Waals surface area contributed by atoms with E-state index in [0.29, 0.717) is 5.02 Å². The van der Waals surface area contributed by atoms with E-state index in [1.165, 1.54) is 12.1 Å². The Balaban J connectivity index is 1.91. The first kappa shape index (κ1) is 14.7. The Hall–Kier alpha value is -1.75. The third-order valence-electron chi connectivity index (χ3n) is 3.27. The van der Waals surface area contributed by atoms with Gasteiger partial charge in [-0.1, -0.05) is 11.6 Å². The first-order valence-electron chi connectivity index (χ1n) is 6.58. The van der Waals surface area contributed by atoms with Crippen molar-refractivity contribution in [1.82, 2.24) is 4.90 Å². The van der Waals surface area contributed by atoms with Gasteiger partial charge in [0.25, 0.3) is 5.91 Å². The molecule has 1 fully saturated rings. The van der Waals surface area contributed by atoms with Crippen LogP contribution in [0.2, 0.25) is 5.02 Å². The van der Waals surface area contributed by atoms with Crippen LogP contribution in [0.25, 0.3) is 0 Å². The molecule has 0 spiro atoms. The molecule has 0 aromatic heterocycles. The van der Waals surface area contributed by atoms with Crippen molar-refractivity contribution in [2.75, 3.05) is 25.4 Å². The number of rotatable bonds is 3. The van der Waals surface area contributed by atoms with Gasteiger partial charge in [-0.05, 0) is 37.5 Å². The second-order valence-electron chi connectivity index (χ2n) is 4.75. The van der Waals surface area contributed by atoms with Crippen LogP contribution in [0, 0.1) is 0 Å². The molecule has 1 aliphatic rings. The Kier molecular flexibility index (Phi) is 4.84. The maximum absolute atomic E-state index is 11.9. The lowest BCUT2D eigenvalue weighted by atomic mass is 10.1. The highest BCUT2D eigenvalue weighted by molar-refractivity contribution is 6.31. The summed E-state index contributed by atoms with van der Waals surface area (Å²) in [7, 11) is 0. The summed E-state index contributed by atoms with van der Waals surface area (Å²) < 4.78 is 5.01.